The van der Waals surface area contributed by atoms with E-state index in [2.05, 4.69) is 5.32 Å². The van der Waals surface area contributed by atoms with Gasteiger partial charge < -0.3 is 16.8 Å². The highest BCUT2D eigenvalue weighted by molar-refractivity contribution is 5.80. The molecule has 0 aliphatic rings. The first-order valence-corrected chi connectivity index (χ1v) is 5.22. The third-order valence-electron chi connectivity index (χ3n) is 2.50. The Hall–Kier alpha value is -1.71. The van der Waals surface area contributed by atoms with Gasteiger partial charge in [0.05, 0.1) is 5.41 Å². The van der Waals surface area contributed by atoms with Gasteiger partial charge in [-0.15, -0.1) is 0 Å². The van der Waals surface area contributed by atoms with E-state index in [0.717, 1.165) is 11.3 Å². The van der Waals surface area contributed by atoms with Gasteiger partial charge in [0.15, 0.2) is 0 Å². The molecule has 1 amide bonds. The molecule has 0 atom stereocenters. The van der Waals surface area contributed by atoms with Gasteiger partial charge in [-0.05, 0) is 44.5 Å². The molecule has 0 aliphatic carbocycles. The Morgan fingerprint density at radius 3 is 2.50 bits per heavy atom. The van der Waals surface area contributed by atoms with Gasteiger partial charge in [-0.25, -0.2) is 0 Å². The lowest BCUT2D eigenvalue weighted by atomic mass is 9.92. The Balaban J connectivity index is 2.71. The maximum atomic E-state index is 11.1. The second kappa shape index (κ2) is 4.43. The highest BCUT2D eigenvalue weighted by atomic mass is 16.1. The summed E-state index contributed by atoms with van der Waals surface area (Å²) >= 11 is 0. The van der Waals surface area contributed by atoms with Crippen molar-refractivity contribution in [3.05, 3.63) is 23.8 Å². The quantitative estimate of drug-likeness (QED) is 0.674. The summed E-state index contributed by atoms with van der Waals surface area (Å²) in [5.41, 5.74) is 13.1. The van der Waals surface area contributed by atoms with Crippen molar-refractivity contribution in [2.45, 2.75) is 20.8 Å². The topological polar surface area (TPSA) is 81.1 Å². The summed E-state index contributed by atoms with van der Waals surface area (Å²) in [6, 6.07) is 5.71. The van der Waals surface area contributed by atoms with Crippen molar-refractivity contribution in [2.24, 2.45) is 11.1 Å². The molecule has 0 saturated heterocycles. The van der Waals surface area contributed by atoms with Crippen LogP contribution in [0.1, 0.15) is 19.4 Å². The number of hydrogen-bond donors (Lipinski definition) is 3. The second-order valence-electron chi connectivity index (χ2n) is 4.73. The van der Waals surface area contributed by atoms with E-state index >= 15 is 0 Å². The van der Waals surface area contributed by atoms with Gasteiger partial charge in [0.1, 0.15) is 0 Å². The SMILES string of the molecule is Cc1cc(N)cc(NCC(C)(C)C(N)=O)c1. The van der Waals surface area contributed by atoms with Crippen LogP contribution in [0.15, 0.2) is 18.2 Å². The lowest BCUT2D eigenvalue weighted by Crippen LogP contribution is -2.37. The van der Waals surface area contributed by atoms with Gasteiger partial charge in [0.25, 0.3) is 0 Å². The minimum atomic E-state index is -0.571. The highest BCUT2D eigenvalue weighted by Gasteiger charge is 2.24. The Bertz CT molecular complexity index is 379. The van der Waals surface area contributed by atoms with E-state index < -0.39 is 5.41 Å². The highest BCUT2D eigenvalue weighted by Crippen LogP contribution is 2.19. The smallest absolute Gasteiger partial charge is 0.224 e. The number of amides is 1. The molecule has 4 nitrogen and oxygen atoms in total. The normalized spacial score (nSPS) is 11.2. The summed E-state index contributed by atoms with van der Waals surface area (Å²) in [6.45, 7) is 6.08. The number of nitrogens with one attached hydrogen (secondary N) is 1. The molecule has 0 spiro atoms. The van der Waals surface area contributed by atoms with Crippen LogP contribution in [0.4, 0.5) is 11.4 Å². The molecule has 16 heavy (non-hydrogen) atoms. The van der Waals surface area contributed by atoms with Crippen molar-refractivity contribution in [3.63, 3.8) is 0 Å². The molecule has 0 fully saturated rings. The summed E-state index contributed by atoms with van der Waals surface area (Å²) < 4.78 is 0. The van der Waals surface area contributed by atoms with Crippen LogP contribution in [-0.2, 0) is 4.79 Å². The second-order valence-corrected chi connectivity index (χ2v) is 4.73. The van der Waals surface area contributed by atoms with Crippen LogP contribution in [-0.4, -0.2) is 12.5 Å². The molecule has 5 N–H and O–H groups in total. The predicted molar refractivity (Wildman–Crippen MR) is 67.1 cm³/mol. The average Bonchev–Trinajstić information content (AvgIpc) is 2.13. The first-order valence-electron chi connectivity index (χ1n) is 5.22. The van der Waals surface area contributed by atoms with Crippen LogP contribution in [0.25, 0.3) is 0 Å². The summed E-state index contributed by atoms with van der Waals surface area (Å²) in [5, 5.41) is 3.17. The molecule has 0 unspecified atom stereocenters. The fraction of sp³-hybridized carbons (Fsp3) is 0.417. The third kappa shape index (κ3) is 3.15. The Labute approximate surface area is 96.0 Å². The van der Waals surface area contributed by atoms with E-state index in [4.69, 9.17) is 11.5 Å². The van der Waals surface area contributed by atoms with Crippen LogP contribution in [0.5, 0.6) is 0 Å². The molecule has 0 aliphatic heterocycles. The molecule has 0 radical (unpaired) electrons. The summed E-state index contributed by atoms with van der Waals surface area (Å²) in [4.78, 5) is 11.1. The molecule has 88 valence electrons. The first-order chi connectivity index (χ1) is 7.31. The minimum Gasteiger partial charge on any atom is -0.399 e. The fourth-order valence-electron chi connectivity index (χ4n) is 1.32. The number of anilines is 2. The third-order valence-corrected chi connectivity index (χ3v) is 2.50. The Kier molecular flexibility index (Phi) is 3.42. The van der Waals surface area contributed by atoms with Crippen LogP contribution >= 0.6 is 0 Å². The van der Waals surface area contributed by atoms with E-state index in [1.165, 1.54) is 0 Å². The van der Waals surface area contributed by atoms with Crippen LogP contribution in [0, 0.1) is 12.3 Å². The Morgan fingerprint density at radius 2 is 2.00 bits per heavy atom. The number of benzene rings is 1. The van der Waals surface area contributed by atoms with E-state index in [1.54, 1.807) is 0 Å². The number of carbonyl (C=O) groups excluding carboxylic acids is 1. The molecule has 0 aromatic heterocycles. The fourth-order valence-corrected chi connectivity index (χ4v) is 1.32. The molecule has 4 heteroatoms. The lowest BCUT2D eigenvalue weighted by Gasteiger charge is -2.21. The van der Waals surface area contributed by atoms with Gasteiger partial charge in [-0.2, -0.15) is 0 Å². The standard InChI is InChI=1S/C12H19N3O/c1-8-4-9(13)6-10(5-8)15-7-12(2,3)11(14)16/h4-6,15H,7,13H2,1-3H3,(H2,14,16). The van der Waals surface area contributed by atoms with Crippen molar-refractivity contribution < 1.29 is 4.79 Å². The maximum absolute atomic E-state index is 11.1. The molecule has 0 heterocycles. The van der Waals surface area contributed by atoms with Crippen LogP contribution in [0.2, 0.25) is 0 Å². The summed E-state index contributed by atoms with van der Waals surface area (Å²) in [5.74, 6) is -0.319. The monoisotopic (exact) mass is 221 g/mol. The number of carbonyl (C=O) groups is 1. The molecular weight excluding hydrogens is 202 g/mol. The van der Waals surface area contributed by atoms with E-state index in [-0.39, 0.29) is 5.91 Å². The van der Waals surface area contributed by atoms with E-state index in [0.29, 0.717) is 12.2 Å². The largest absolute Gasteiger partial charge is 0.399 e. The van der Waals surface area contributed by atoms with Crippen molar-refractivity contribution in [3.8, 4) is 0 Å². The molecule has 1 rings (SSSR count). The molecule has 1 aromatic carbocycles. The van der Waals surface area contributed by atoms with Gasteiger partial charge in [-0.3, -0.25) is 4.79 Å². The van der Waals surface area contributed by atoms with Gasteiger partial charge in [-0.1, -0.05) is 0 Å². The average molecular weight is 221 g/mol. The van der Waals surface area contributed by atoms with E-state index in [9.17, 15) is 4.79 Å². The van der Waals surface area contributed by atoms with Crippen molar-refractivity contribution >= 4 is 17.3 Å². The zero-order valence-corrected chi connectivity index (χ0v) is 10.0. The first kappa shape index (κ1) is 12.4. The molecule has 1 aromatic rings. The number of rotatable bonds is 4. The number of nitrogens with two attached hydrogens (primary N) is 2. The number of aryl methyl sites for hydroxylation is 1. The van der Waals surface area contributed by atoms with Crippen molar-refractivity contribution in [1.29, 1.82) is 0 Å². The van der Waals surface area contributed by atoms with Crippen LogP contribution in [0.3, 0.4) is 0 Å². The summed E-state index contributed by atoms with van der Waals surface area (Å²) in [7, 11) is 0. The van der Waals surface area contributed by atoms with Crippen molar-refractivity contribution in [2.75, 3.05) is 17.6 Å². The number of primary amides is 1. The zero-order valence-electron chi connectivity index (χ0n) is 10.0. The van der Waals surface area contributed by atoms with Crippen LogP contribution < -0.4 is 16.8 Å². The maximum Gasteiger partial charge on any atom is 0.224 e. The number of hydrogen-bond acceptors (Lipinski definition) is 3. The zero-order chi connectivity index (χ0) is 12.3. The predicted octanol–water partition coefficient (Wildman–Crippen LogP) is 1.50. The van der Waals surface area contributed by atoms with Gasteiger partial charge >= 0.3 is 0 Å². The lowest BCUT2D eigenvalue weighted by molar-refractivity contribution is -0.125. The Morgan fingerprint density at radius 1 is 1.38 bits per heavy atom. The van der Waals surface area contributed by atoms with Gasteiger partial charge in [0, 0.05) is 17.9 Å². The number of nitrogen functional groups attached to an aromatic ring is 1. The van der Waals surface area contributed by atoms with Gasteiger partial charge in [0.2, 0.25) is 5.91 Å². The molecule has 0 bridgehead atoms. The minimum absolute atomic E-state index is 0.319. The summed E-state index contributed by atoms with van der Waals surface area (Å²) in [6.07, 6.45) is 0. The molecular formula is C12H19N3O. The van der Waals surface area contributed by atoms with E-state index in [1.807, 2.05) is 39.0 Å². The molecule has 0 saturated carbocycles. The van der Waals surface area contributed by atoms with Crippen molar-refractivity contribution in [1.82, 2.24) is 0 Å².